The van der Waals surface area contributed by atoms with Gasteiger partial charge in [-0.2, -0.15) is 0 Å². The second-order valence-corrected chi connectivity index (χ2v) is 16.3. The molecule has 282 valence electrons. The molecule has 0 aliphatic rings. The number of fused-ring (bicyclic) bond motifs is 4. The van der Waals surface area contributed by atoms with Crippen molar-refractivity contribution in [1.82, 2.24) is 0 Å². The van der Waals surface area contributed by atoms with E-state index in [1.807, 2.05) is 11.3 Å². The summed E-state index contributed by atoms with van der Waals surface area (Å²) in [4.78, 5) is 2.46. The van der Waals surface area contributed by atoms with Crippen LogP contribution in [0.1, 0.15) is 0 Å². The lowest BCUT2D eigenvalue weighted by Crippen LogP contribution is -2.11. The van der Waals surface area contributed by atoms with Gasteiger partial charge >= 0.3 is 0 Å². The van der Waals surface area contributed by atoms with Gasteiger partial charge in [0.1, 0.15) is 0 Å². The van der Waals surface area contributed by atoms with Gasteiger partial charge in [0.15, 0.2) is 0 Å². The third kappa shape index (κ3) is 6.35. The molecule has 0 radical (unpaired) electrons. The molecule has 0 spiro atoms. The Bertz CT molecular complexity index is 3330. The fourth-order valence-corrected chi connectivity index (χ4v) is 10.2. The van der Waals surface area contributed by atoms with Crippen LogP contribution in [-0.2, 0) is 0 Å². The molecule has 0 N–H and O–H groups in total. The number of hydrogen-bond acceptors (Lipinski definition) is 2. The van der Waals surface area contributed by atoms with Crippen LogP contribution in [0.3, 0.4) is 0 Å². The summed E-state index contributed by atoms with van der Waals surface area (Å²) in [6, 6.07) is 86.2. The van der Waals surface area contributed by atoms with Gasteiger partial charge in [0.25, 0.3) is 0 Å². The van der Waals surface area contributed by atoms with E-state index in [0.717, 1.165) is 22.6 Å². The van der Waals surface area contributed by atoms with Crippen molar-refractivity contribution in [2.24, 2.45) is 0 Å². The minimum atomic E-state index is 1.09. The van der Waals surface area contributed by atoms with E-state index in [1.54, 1.807) is 0 Å². The lowest BCUT2D eigenvalue weighted by molar-refractivity contribution is 1.28. The van der Waals surface area contributed by atoms with Gasteiger partial charge in [-0.1, -0.05) is 200 Å². The molecule has 60 heavy (non-hydrogen) atoms. The van der Waals surface area contributed by atoms with Crippen LogP contribution in [0.5, 0.6) is 0 Å². The molecule has 0 bridgehead atoms. The first-order chi connectivity index (χ1) is 29.8. The Morgan fingerprint density at radius 2 is 0.750 bits per heavy atom. The zero-order valence-electron chi connectivity index (χ0n) is 32.9. The highest BCUT2D eigenvalue weighted by atomic mass is 32.1. The van der Waals surface area contributed by atoms with Crippen LogP contribution in [-0.4, -0.2) is 0 Å². The number of anilines is 3. The van der Waals surface area contributed by atoms with Gasteiger partial charge in [-0.15, -0.1) is 11.3 Å². The molecule has 10 aromatic carbocycles. The standard InChI is InChI=1S/C58H39NS/c1-2-18-40(19-3-1)47-27-6-7-28-50(47)51-29-8-9-30-52(51)53-31-10-12-36-56(53)59(44-24-14-22-42(38-44)48-33-16-21-41-20-4-5-26-46(41)48)45-25-15-23-43(39-45)49-34-17-35-55-54-32-11-13-37-57(54)60-58(49)55/h1-39H. The van der Waals surface area contributed by atoms with E-state index >= 15 is 0 Å². The molecular weight excluding hydrogens is 743 g/mol. The van der Waals surface area contributed by atoms with Crippen LogP contribution >= 0.6 is 11.3 Å². The van der Waals surface area contributed by atoms with Crippen LogP contribution < -0.4 is 4.90 Å². The molecule has 0 fully saturated rings. The lowest BCUT2D eigenvalue weighted by atomic mass is 9.88. The smallest absolute Gasteiger partial charge is 0.0540 e. The Labute approximate surface area is 354 Å². The predicted octanol–water partition coefficient (Wildman–Crippen LogP) is 17.0. The number of nitrogens with zero attached hydrogens (tertiary/aromatic N) is 1. The lowest BCUT2D eigenvalue weighted by Gasteiger charge is -2.29. The van der Waals surface area contributed by atoms with Crippen LogP contribution in [0.15, 0.2) is 237 Å². The van der Waals surface area contributed by atoms with Crippen LogP contribution in [0.25, 0.3) is 86.6 Å². The Kier molecular flexibility index (Phi) is 9.11. The summed E-state index contributed by atoms with van der Waals surface area (Å²) in [5.41, 5.74) is 15.3. The average molecular weight is 782 g/mol. The third-order valence-corrected chi connectivity index (χ3v) is 12.9. The van der Waals surface area contributed by atoms with Crippen molar-refractivity contribution in [2.45, 2.75) is 0 Å². The number of benzene rings is 10. The van der Waals surface area contributed by atoms with Gasteiger partial charge in [0, 0.05) is 37.1 Å². The maximum atomic E-state index is 2.46. The Hall–Kier alpha value is -7.52. The van der Waals surface area contributed by atoms with Gasteiger partial charge in [-0.3, -0.25) is 0 Å². The monoisotopic (exact) mass is 781 g/mol. The summed E-state index contributed by atoms with van der Waals surface area (Å²) in [6.07, 6.45) is 0. The van der Waals surface area contributed by atoms with E-state index in [9.17, 15) is 0 Å². The summed E-state index contributed by atoms with van der Waals surface area (Å²) in [5.74, 6) is 0. The van der Waals surface area contributed by atoms with Crippen molar-refractivity contribution in [3.63, 3.8) is 0 Å². The van der Waals surface area contributed by atoms with E-state index in [-0.39, 0.29) is 0 Å². The molecule has 1 aromatic heterocycles. The Balaban J connectivity index is 1.13. The highest BCUT2D eigenvalue weighted by Gasteiger charge is 2.22. The van der Waals surface area contributed by atoms with Crippen molar-refractivity contribution >= 4 is 59.3 Å². The van der Waals surface area contributed by atoms with Crippen molar-refractivity contribution in [3.05, 3.63) is 237 Å². The normalized spacial score (nSPS) is 11.3. The number of rotatable bonds is 8. The topological polar surface area (TPSA) is 3.24 Å². The van der Waals surface area contributed by atoms with E-state index in [2.05, 4.69) is 241 Å². The largest absolute Gasteiger partial charge is 0.310 e. The molecular formula is C58H39NS. The van der Waals surface area contributed by atoms with Crippen LogP contribution in [0, 0.1) is 0 Å². The van der Waals surface area contributed by atoms with Crippen LogP contribution in [0.2, 0.25) is 0 Å². The molecule has 0 aliphatic heterocycles. The minimum Gasteiger partial charge on any atom is -0.310 e. The summed E-state index contributed by atoms with van der Waals surface area (Å²) in [6.45, 7) is 0. The van der Waals surface area contributed by atoms with E-state index in [4.69, 9.17) is 0 Å². The summed E-state index contributed by atoms with van der Waals surface area (Å²) in [7, 11) is 0. The van der Waals surface area contributed by atoms with E-state index in [1.165, 1.54) is 81.0 Å². The Morgan fingerprint density at radius 3 is 1.52 bits per heavy atom. The maximum Gasteiger partial charge on any atom is 0.0540 e. The van der Waals surface area contributed by atoms with Gasteiger partial charge in [-0.05, 0) is 97.2 Å². The van der Waals surface area contributed by atoms with Gasteiger partial charge < -0.3 is 4.90 Å². The molecule has 11 rings (SSSR count). The van der Waals surface area contributed by atoms with Crippen molar-refractivity contribution in [2.75, 3.05) is 4.90 Å². The first kappa shape index (κ1) is 35.6. The van der Waals surface area contributed by atoms with Crippen molar-refractivity contribution in [1.29, 1.82) is 0 Å². The average Bonchev–Trinajstić information content (AvgIpc) is 3.71. The molecule has 11 aromatic rings. The molecule has 0 saturated carbocycles. The summed E-state index contributed by atoms with van der Waals surface area (Å²) in [5, 5.41) is 5.09. The van der Waals surface area contributed by atoms with Gasteiger partial charge in [0.2, 0.25) is 0 Å². The summed E-state index contributed by atoms with van der Waals surface area (Å²) >= 11 is 1.88. The first-order valence-electron chi connectivity index (χ1n) is 20.5. The van der Waals surface area contributed by atoms with Crippen molar-refractivity contribution < 1.29 is 0 Å². The second kappa shape index (κ2) is 15.3. The van der Waals surface area contributed by atoms with Crippen molar-refractivity contribution in [3.8, 4) is 55.6 Å². The Morgan fingerprint density at radius 1 is 0.283 bits per heavy atom. The van der Waals surface area contributed by atoms with Crippen LogP contribution in [0.4, 0.5) is 17.1 Å². The quantitative estimate of drug-likeness (QED) is 0.148. The maximum absolute atomic E-state index is 2.46. The molecule has 0 saturated heterocycles. The minimum absolute atomic E-state index is 1.09. The molecule has 0 amide bonds. The molecule has 1 heterocycles. The van der Waals surface area contributed by atoms with Gasteiger partial charge in [-0.25, -0.2) is 0 Å². The molecule has 0 aliphatic carbocycles. The highest BCUT2D eigenvalue weighted by molar-refractivity contribution is 7.26. The highest BCUT2D eigenvalue weighted by Crippen LogP contribution is 2.47. The van der Waals surface area contributed by atoms with E-state index in [0.29, 0.717) is 0 Å². The zero-order chi connectivity index (χ0) is 39.8. The molecule has 2 heteroatoms. The SMILES string of the molecule is c1ccc(-c2ccccc2-c2ccccc2-c2ccccc2N(c2cccc(-c3cccc4ccccc34)c2)c2cccc(-c3cccc4c3sc3ccccc34)c2)cc1. The second-order valence-electron chi connectivity index (χ2n) is 15.2. The number of hydrogen-bond donors (Lipinski definition) is 0. The fourth-order valence-electron chi connectivity index (χ4n) is 8.94. The molecule has 0 atom stereocenters. The summed E-state index contributed by atoms with van der Waals surface area (Å²) < 4.78 is 2.62. The fraction of sp³-hybridized carbons (Fsp3) is 0. The van der Waals surface area contributed by atoms with Gasteiger partial charge in [0.05, 0.1) is 5.69 Å². The first-order valence-corrected chi connectivity index (χ1v) is 21.3. The molecule has 0 unspecified atom stereocenters. The number of para-hydroxylation sites is 1. The molecule has 1 nitrogen and oxygen atoms in total. The predicted molar refractivity (Wildman–Crippen MR) is 259 cm³/mol. The van der Waals surface area contributed by atoms with E-state index < -0.39 is 0 Å². The zero-order valence-corrected chi connectivity index (χ0v) is 33.7. The number of thiophene rings is 1. The third-order valence-electron chi connectivity index (χ3n) is 11.7.